The third-order valence-corrected chi connectivity index (χ3v) is 6.95. The Bertz CT molecular complexity index is 1300. The van der Waals surface area contributed by atoms with Gasteiger partial charge in [-0.2, -0.15) is 0 Å². The fourth-order valence-electron chi connectivity index (χ4n) is 4.75. The third-order valence-electron chi connectivity index (χ3n) is 6.95. The number of nitrogens with zero attached hydrogens (tertiary/aromatic N) is 1. The van der Waals surface area contributed by atoms with Gasteiger partial charge in [0.05, 0.1) is 19.3 Å². The summed E-state index contributed by atoms with van der Waals surface area (Å²) >= 11 is 0. The predicted octanol–water partition coefficient (Wildman–Crippen LogP) is 4.18. The maximum atomic E-state index is 13.5. The van der Waals surface area contributed by atoms with Crippen molar-refractivity contribution in [2.45, 2.75) is 64.3 Å². The van der Waals surface area contributed by atoms with Crippen LogP contribution in [0.2, 0.25) is 0 Å². The average molecular weight is 577 g/mol. The lowest BCUT2D eigenvalue weighted by molar-refractivity contribution is -0.126. The number of nitrogens with one attached hydrogen (secondary N) is 3. The molecule has 2 aromatic carbocycles. The maximum Gasteiger partial charge on any atom is 0.407 e. The first-order valence-corrected chi connectivity index (χ1v) is 13.8. The lowest BCUT2D eigenvalue weighted by atomic mass is 9.85. The molecular formula is C32H40N4O6. The van der Waals surface area contributed by atoms with Gasteiger partial charge in [0.15, 0.2) is 0 Å². The Kier molecular flexibility index (Phi) is 11.4. The van der Waals surface area contributed by atoms with Gasteiger partial charge in [-0.05, 0) is 53.0 Å². The van der Waals surface area contributed by atoms with Gasteiger partial charge in [0.25, 0.3) is 0 Å². The van der Waals surface area contributed by atoms with Crippen LogP contribution in [-0.4, -0.2) is 64.6 Å². The van der Waals surface area contributed by atoms with Crippen molar-refractivity contribution in [3.8, 4) is 11.1 Å². The fourth-order valence-corrected chi connectivity index (χ4v) is 4.75. The Balaban J connectivity index is 1.85. The molecule has 1 aromatic heterocycles. The molecule has 3 amide bonds. The molecule has 5 N–H and O–H groups in total. The quantitative estimate of drug-likeness (QED) is 0.217. The minimum atomic E-state index is -1.25. The number of aromatic nitrogens is 1. The summed E-state index contributed by atoms with van der Waals surface area (Å²) in [5.41, 5.74) is 3.06. The van der Waals surface area contributed by atoms with Crippen molar-refractivity contribution < 1.29 is 29.3 Å². The van der Waals surface area contributed by atoms with E-state index in [-0.39, 0.29) is 12.8 Å². The number of carboxylic acid groups (broad SMARTS) is 1. The Labute approximate surface area is 246 Å². The molecule has 224 valence electrons. The molecular weight excluding hydrogens is 536 g/mol. The first kappa shape index (κ1) is 32.1. The molecule has 0 aliphatic rings. The van der Waals surface area contributed by atoms with Crippen LogP contribution in [0, 0.1) is 5.41 Å². The summed E-state index contributed by atoms with van der Waals surface area (Å²) in [4.78, 5) is 41.3. The van der Waals surface area contributed by atoms with Gasteiger partial charge in [0, 0.05) is 18.4 Å². The number of hydrogen-bond donors (Lipinski definition) is 5. The van der Waals surface area contributed by atoms with Crippen molar-refractivity contribution in [3.05, 3.63) is 90.3 Å². The second kappa shape index (κ2) is 15.0. The zero-order chi connectivity index (χ0) is 30.7. The fraction of sp³-hybridized carbons (Fsp3) is 0.375. The molecule has 10 nitrogen and oxygen atoms in total. The van der Waals surface area contributed by atoms with Crippen LogP contribution in [-0.2, 0) is 22.4 Å². The van der Waals surface area contributed by atoms with Crippen LogP contribution in [0.25, 0.3) is 11.1 Å². The van der Waals surface area contributed by atoms with E-state index in [1.165, 1.54) is 7.11 Å². The maximum absolute atomic E-state index is 13.5. The van der Waals surface area contributed by atoms with E-state index in [1.54, 1.807) is 12.4 Å². The molecule has 0 spiro atoms. The molecule has 0 aliphatic carbocycles. The monoisotopic (exact) mass is 576 g/mol. The highest BCUT2D eigenvalue weighted by Crippen LogP contribution is 2.22. The van der Waals surface area contributed by atoms with Crippen LogP contribution in [0.15, 0.2) is 79.1 Å². The number of amides is 3. The van der Waals surface area contributed by atoms with Crippen molar-refractivity contribution in [2.75, 3.05) is 7.11 Å². The lowest BCUT2D eigenvalue weighted by Crippen LogP contribution is -2.56. The topological polar surface area (TPSA) is 150 Å². The Morgan fingerprint density at radius 1 is 0.857 bits per heavy atom. The lowest BCUT2D eigenvalue weighted by Gasteiger charge is -2.33. The van der Waals surface area contributed by atoms with Crippen molar-refractivity contribution in [1.82, 2.24) is 20.9 Å². The van der Waals surface area contributed by atoms with Crippen LogP contribution < -0.4 is 16.0 Å². The molecule has 0 aliphatic heterocycles. The molecule has 3 aromatic rings. The summed E-state index contributed by atoms with van der Waals surface area (Å²) < 4.78 is 4.73. The van der Waals surface area contributed by atoms with Crippen LogP contribution in [0.3, 0.4) is 0 Å². The van der Waals surface area contributed by atoms with Crippen LogP contribution in [0.5, 0.6) is 0 Å². The second-order valence-electron chi connectivity index (χ2n) is 11.3. The Morgan fingerprint density at radius 3 is 2.10 bits per heavy atom. The number of hydrogen-bond acceptors (Lipinski definition) is 6. The standard InChI is InChI=1S/C32H40N4O6/c1-32(2,3)28(36-31(41)42-4)29(38)34-25(17-22-12-14-23(15-13-22)24-11-8-16-33-20-24)19-27(37)26(35-30(39)40)18-21-9-6-5-7-10-21/h5-16,20,25-28,35,37H,17-19H2,1-4H3,(H,34,38)(H,36,41)(H,39,40)/t25-,26-,27+,28+/m0/s1. The van der Waals surface area contributed by atoms with E-state index in [0.717, 1.165) is 22.3 Å². The number of aliphatic hydroxyl groups is 1. The highest BCUT2D eigenvalue weighted by atomic mass is 16.5. The number of ether oxygens (including phenoxy) is 1. The van der Waals surface area contributed by atoms with E-state index in [4.69, 9.17) is 4.74 Å². The molecule has 0 radical (unpaired) electrons. The van der Waals surface area contributed by atoms with E-state index in [9.17, 15) is 24.6 Å². The molecule has 4 atom stereocenters. The molecule has 0 saturated carbocycles. The van der Waals surface area contributed by atoms with E-state index in [0.29, 0.717) is 6.42 Å². The molecule has 0 fully saturated rings. The Morgan fingerprint density at radius 2 is 1.52 bits per heavy atom. The smallest absolute Gasteiger partial charge is 0.407 e. The third kappa shape index (κ3) is 9.88. The number of benzene rings is 2. The summed E-state index contributed by atoms with van der Waals surface area (Å²) in [6, 6.07) is 18.6. The number of methoxy groups -OCH3 is 1. The molecule has 0 bridgehead atoms. The van der Waals surface area contributed by atoms with Gasteiger partial charge in [0.2, 0.25) is 5.91 Å². The highest BCUT2D eigenvalue weighted by Gasteiger charge is 2.35. The largest absolute Gasteiger partial charge is 0.465 e. The van der Waals surface area contributed by atoms with Crippen LogP contribution in [0.4, 0.5) is 9.59 Å². The molecule has 42 heavy (non-hydrogen) atoms. The van der Waals surface area contributed by atoms with Gasteiger partial charge in [-0.15, -0.1) is 0 Å². The van der Waals surface area contributed by atoms with Gasteiger partial charge < -0.3 is 30.9 Å². The van der Waals surface area contributed by atoms with Crippen LogP contribution >= 0.6 is 0 Å². The normalized spacial score (nSPS) is 14.1. The minimum Gasteiger partial charge on any atom is -0.465 e. The number of carbonyl (C=O) groups is 3. The van der Waals surface area contributed by atoms with E-state index >= 15 is 0 Å². The van der Waals surface area contributed by atoms with Crippen LogP contribution in [0.1, 0.15) is 38.3 Å². The molecule has 0 unspecified atom stereocenters. The van der Waals surface area contributed by atoms with E-state index in [1.807, 2.05) is 87.5 Å². The van der Waals surface area contributed by atoms with Crippen molar-refractivity contribution in [2.24, 2.45) is 5.41 Å². The van der Waals surface area contributed by atoms with Gasteiger partial charge in [-0.1, -0.05) is 81.4 Å². The highest BCUT2D eigenvalue weighted by molar-refractivity contribution is 5.86. The first-order chi connectivity index (χ1) is 20.0. The summed E-state index contributed by atoms with van der Waals surface area (Å²) in [5, 5.41) is 28.8. The number of carbonyl (C=O) groups excluding carboxylic acids is 2. The Hall–Kier alpha value is -4.44. The van der Waals surface area contributed by atoms with E-state index < -0.39 is 47.7 Å². The zero-order valence-electron chi connectivity index (χ0n) is 24.4. The number of pyridine rings is 1. The number of rotatable bonds is 12. The van der Waals surface area contributed by atoms with Gasteiger partial charge in [-0.25, -0.2) is 9.59 Å². The summed E-state index contributed by atoms with van der Waals surface area (Å²) in [6.07, 6.45) is 1.06. The predicted molar refractivity (Wildman–Crippen MR) is 160 cm³/mol. The van der Waals surface area contributed by atoms with Gasteiger partial charge >= 0.3 is 12.2 Å². The number of alkyl carbamates (subject to hydrolysis) is 1. The molecule has 3 rings (SSSR count). The summed E-state index contributed by atoms with van der Waals surface area (Å²) in [6.45, 7) is 5.46. The van der Waals surface area contributed by atoms with Gasteiger partial charge in [0.1, 0.15) is 6.04 Å². The number of aliphatic hydroxyl groups excluding tert-OH is 1. The van der Waals surface area contributed by atoms with Crippen molar-refractivity contribution in [1.29, 1.82) is 0 Å². The average Bonchev–Trinajstić information content (AvgIpc) is 2.95. The minimum absolute atomic E-state index is 0.0585. The molecule has 1 heterocycles. The second-order valence-corrected chi connectivity index (χ2v) is 11.3. The summed E-state index contributed by atoms with van der Waals surface area (Å²) in [5.74, 6) is -0.442. The first-order valence-electron chi connectivity index (χ1n) is 13.8. The molecule has 10 heteroatoms. The van der Waals surface area contributed by atoms with Gasteiger partial charge in [-0.3, -0.25) is 9.78 Å². The summed E-state index contributed by atoms with van der Waals surface area (Å²) in [7, 11) is 1.23. The molecule has 0 saturated heterocycles. The van der Waals surface area contributed by atoms with Crippen molar-refractivity contribution in [3.63, 3.8) is 0 Å². The zero-order valence-corrected chi connectivity index (χ0v) is 24.4. The SMILES string of the molecule is COC(=O)N[C@H](C(=O)N[C@@H](Cc1ccc(-c2cccnc2)cc1)C[C@@H](O)[C@H](Cc1ccccc1)NC(=O)O)C(C)(C)C. The van der Waals surface area contributed by atoms with E-state index in [2.05, 4.69) is 20.9 Å². The van der Waals surface area contributed by atoms with Crippen molar-refractivity contribution >= 4 is 18.1 Å².